The Morgan fingerprint density at radius 3 is 2.41 bits per heavy atom. The molecule has 1 N–H and O–H groups in total. The summed E-state index contributed by atoms with van der Waals surface area (Å²) in [6, 6.07) is 16.2. The number of sulfone groups is 1. The molecule has 0 saturated heterocycles. The Balaban J connectivity index is 1.60. The zero-order chi connectivity index (χ0) is 23.0. The smallest absolute Gasteiger partial charge is 0.234 e. The highest BCUT2D eigenvalue weighted by Crippen LogP contribution is 2.21. The number of carbonyl (C=O) groups excluding carboxylic acids is 1. The largest absolute Gasteiger partial charge is 0.325 e. The molecule has 0 aliphatic heterocycles. The van der Waals surface area contributed by atoms with Crippen LogP contribution in [-0.2, 0) is 33.4 Å². The third kappa shape index (κ3) is 6.43. The average molecular weight is 473 g/mol. The Hall–Kier alpha value is -2.65. The maximum absolute atomic E-state index is 12.7. The van der Waals surface area contributed by atoms with Gasteiger partial charge in [-0.2, -0.15) is 0 Å². The summed E-state index contributed by atoms with van der Waals surface area (Å²) in [4.78, 5) is 12.6. The number of aromatic nitrogens is 3. The highest BCUT2D eigenvalue weighted by Gasteiger charge is 2.21. The van der Waals surface area contributed by atoms with Gasteiger partial charge in [0, 0.05) is 12.2 Å². The van der Waals surface area contributed by atoms with E-state index in [0.29, 0.717) is 17.5 Å². The lowest BCUT2D eigenvalue weighted by atomic mass is 10.1. The van der Waals surface area contributed by atoms with Gasteiger partial charge in [0.05, 0.1) is 10.6 Å². The number of thioether (sulfide) groups is 1. The van der Waals surface area contributed by atoms with E-state index in [4.69, 9.17) is 0 Å². The zero-order valence-electron chi connectivity index (χ0n) is 18.3. The molecule has 3 aromatic rings. The van der Waals surface area contributed by atoms with Crippen LogP contribution < -0.4 is 5.32 Å². The van der Waals surface area contributed by atoms with Crippen molar-refractivity contribution in [3.05, 3.63) is 66.0 Å². The molecule has 0 fully saturated rings. The van der Waals surface area contributed by atoms with Gasteiger partial charge in [0.25, 0.3) is 0 Å². The summed E-state index contributed by atoms with van der Waals surface area (Å²) < 4.78 is 27.1. The van der Waals surface area contributed by atoms with Crippen LogP contribution in [0, 0.1) is 0 Å². The van der Waals surface area contributed by atoms with Gasteiger partial charge in [0.1, 0.15) is 11.6 Å². The van der Waals surface area contributed by atoms with Crippen molar-refractivity contribution < 1.29 is 13.2 Å². The fourth-order valence-electron chi connectivity index (χ4n) is 3.19. The molecule has 170 valence electrons. The quantitative estimate of drug-likeness (QED) is 0.417. The lowest BCUT2D eigenvalue weighted by Crippen LogP contribution is -2.15. The summed E-state index contributed by atoms with van der Waals surface area (Å²) in [5.41, 5.74) is 2.01. The topological polar surface area (TPSA) is 94.0 Å². The molecule has 2 aromatic carbocycles. The Labute approximate surface area is 193 Å². The number of hydrogen-bond donors (Lipinski definition) is 1. The number of benzene rings is 2. The average Bonchev–Trinajstić information content (AvgIpc) is 3.18. The van der Waals surface area contributed by atoms with Crippen molar-refractivity contribution in [3.63, 3.8) is 0 Å². The number of carbonyl (C=O) groups is 1. The fraction of sp³-hybridized carbons (Fsp3) is 0.348. The first-order valence-electron chi connectivity index (χ1n) is 10.6. The summed E-state index contributed by atoms with van der Waals surface area (Å²) in [7, 11) is -3.53. The normalized spacial score (nSPS) is 11.4. The second-order valence-corrected chi connectivity index (χ2v) is 10.3. The third-order valence-electron chi connectivity index (χ3n) is 4.92. The van der Waals surface area contributed by atoms with Crippen LogP contribution >= 0.6 is 11.8 Å². The zero-order valence-corrected chi connectivity index (χ0v) is 20.0. The van der Waals surface area contributed by atoms with E-state index in [9.17, 15) is 13.2 Å². The minimum Gasteiger partial charge on any atom is -0.325 e. The number of unbranched alkanes of at least 4 members (excludes halogenated alkanes) is 1. The maximum atomic E-state index is 12.7. The molecule has 0 unspecified atom stereocenters. The van der Waals surface area contributed by atoms with Crippen LogP contribution in [0.2, 0.25) is 0 Å². The molecule has 32 heavy (non-hydrogen) atoms. The molecule has 3 rings (SSSR count). The van der Waals surface area contributed by atoms with E-state index in [2.05, 4.69) is 22.4 Å². The van der Waals surface area contributed by atoms with E-state index in [-0.39, 0.29) is 22.3 Å². The Morgan fingerprint density at radius 1 is 1.03 bits per heavy atom. The van der Waals surface area contributed by atoms with Crippen LogP contribution in [0.4, 0.5) is 5.69 Å². The Bertz CT molecular complexity index is 1130. The van der Waals surface area contributed by atoms with Crippen LogP contribution in [0.5, 0.6) is 0 Å². The van der Waals surface area contributed by atoms with Crippen LogP contribution in [0.15, 0.2) is 64.6 Å². The molecule has 0 atom stereocenters. The van der Waals surface area contributed by atoms with Gasteiger partial charge >= 0.3 is 0 Å². The molecule has 0 aliphatic carbocycles. The fourth-order valence-corrected chi connectivity index (χ4v) is 5.31. The number of nitrogens with zero attached hydrogens (tertiary/aromatic N) is 3. The second kappa shape index (κ2) is 11.3. The van der Waals surface area contributed by atoms with Crippen molar-refractivity contribution in [1.29, 1.82) is 0 Å². The van der Waals surface area contributed by atoms with Gasteiger partial charge in [-0.05, 0) is 49.6 Å². The molecular weight excluding hydrogens is 444 g/mol. The minimum atomic E-state index is -3.53. The SMILES string of the molecule is CCCCc1ccc(NC(=O)CSc2nnc(CS(=O)(=O)c3ccccc3)n2CC)cc1. The van der Waals surface area contributed by atoms with Crippen LogP contribution in [0.1, 0.15) is 38.1 Å². The van der Waals surface area contributed by atoms with E-state index in [1.165, 1.54) is 17.3 Å². The first-order valence-corrected chi connectivity index (χ1v) is 13.3. The van der Waals surface area contributed by atoms with Gasteiger partial charge in [-0.25, -0.2) is 8.42 Å². The van der Waals surface area contributed by atoms with E-state index in [1.807, 2.05) is 31.2 Å². The van der Waals surface area contributed by atoms with Crippen molar-refractivity contribution in [1.82, 2.24) is 14.8 Å². The van der Waals surface area contributed by atoms with E-state index >= 15 is 0 Å². The van der Waals surface area contributed by atoms with Crippen molar-refractivity contribution in [3.8, 4) is 0 Å². The number of nitrogens with one attached hydrogen (secondary N) is 1. The molecular formula is C23H28N4O3S2. The number of aryl methyl sites for hydroxylation is 1. The molecule has 0 radical (unpaired) electrons. The second-order valence-electron chi connectivity index (χ2n) is 7.35. The highest BCUT2D eigenvalue weighted by molar-refractivity contribution is 7.99. The predicted molar refractivity (Wildman–Crippen MR) is 127 cm³/mol. The summed E-state index contributed by atoms with van der Waals surface area (Å²) in [6.07, 6.45) is 3.34. The summed E-state index contributed by atoms with van der Waals surface area (Å²) in [5, 5.41) is 11.6. The number of hydrogen-bond acceptors (Lipinski definition) is 6. The summed E-state index contributed by atoms with van der Waals surface area (Å²) in [5.74, 6) is 0.123. The van der Waals surface area contributed by atoms with Gasteiger partial charge in [-0.1, -0.05) is 55.4 Å². The van der Waals surface area contributed by atoms with Crippen molar-refractivity contribution in [2.75, 3.05) is 11.1 Å². The number of rotatable bonds is 11. The van der Waals surface area contributed by atoms with Crippen LogP contribution in [0.25, 0.3) is 0 Å². The first-order chi connectivity index (χ1) is 15.4. The predicted octanol–water partition coefficient (Wildman–Crippen LogP) is 4.35. The van der Waals surface area contributed by atoms with Gasteiger partial charge < -0.3 is 9.88 Å². The van der Waals surface area contributed by atoms with Gasteiger partial charge in [0.15, 0.2) is 15.0 Å². The summed E-state index contributed by atoms with van der Waals surface area (Å²) >= 11 is 1.24. The molecule has 0 aliphatic rings. The molecule has 0 saturated carbocycles. The van der Waals surface area contributed by atoms with Crippen LogP contribution in [-0.4, -0.2) is 34.8 Å². The highest BCUT2D eigenvalue weighted by atomic mass is 32.2. The molecule has 7 nitrogen and oxygen atoms in total. The van der Waals surface area contributed by atoms with Crippen molar-refractivity contribution >= 4 is 33.2 Å². The van der Waals surface area contributed by atoms with E-state index in [1.54, 1.807) is 34.9 Å². The molecule has 9 heteroatoms. The van der Waals surface area contributed by atoms with E-state index in [0.717, 1.165) is 24.9 Å². The van der Waals surface area contributed by atoms with E-state index < -0.39 is 9.84 Å². The summed E-state index contributed by atoms with van der Waals surface area (Å²) in [6.45, 7) is 4.57. The standard InChI is InChI=1S/C23H28N4O3S2/c1-3-5-9-18-12-14-19(15-13-18)24-22(28)16-31-23-26-25-21(27(23)4-2)17-32(29,30)20-10-7-6-8-11-20/h6-8,10-15H,3-5,9,16-17H2,1-2H3,(H,24,28). The van der Waals surface area contributed by atoms with Crippen LogP contribution in [0.3, 0.4) is 0 Å². The monoisotopic (exact) mass is 472 g/mol. The van der Waals surface area contributed by atoms with Gasteiger partial charge in [0.2, 0.25) is 5.91 Å². The number of anilines is 1. The molecule has 1 amide bonds. The molecule has 1 aromatic heterocycles. The van der Waals surface area contributed by atoms with Crippen molar-refractivity contribution in [2.45, 2.75) is 55.5 Å². The molecule has 0 spiro atoms. The first kappa shape index (κ1) is 24.0. The van der Waals surface area contributed by atoms with Crippen molar-refractivity contribution in [2.24, 2.45) is 0 Å². The third-order valence-corrected chi connectivity index (χ3v) is 7.52. The Morgan fingerprint density at radius 2 is 1.75 bits per heavy atom. The number of amides is 1. The minimum absolute atomic E-state index is 0.152. The molecule has 1 heterocycles. The Kier molecular flexibility index (Phi) is 8.46. The molecule has 0 bridgehead atoms. The lowest BCUT2D eigenvalue weighted by molar-refractivity contribution is -0.113. The maximum Gasteiger partial charge on any atom is 0.234 e. The lowest BCUT2D eigenvalue weighted by Gasteiger charge is -2.09. The van der Waals surface area contributed by atoms with Gasteiger partial charge in [-0.15, -0.1) is 10.2 Å². The van der Waals surface area contributed by atoms with Gasteiger partial charge in [-0.3, -0.25) is 4.79 Å².